The van der Waals surface area contributed by atoms with Crippen molar-refractivity contribution in [2.24, 2.45) is 5.92 Å². The highest BCUT2D eigenvalue weighted by Gasteiger charge is 2.14. The van der Waals surface area contributed by atoms with Gasteiger partial charge in [0.2, 0.25) is 0 Å². The maximum atomic E-state index is 4.14. The molecule has 0 bridgehead atoms. The molecule has 0 amide bonds. The SMILES string of the molecule is CC(C)C(NCc1ccc(-n2cncn2)cc1)c1ccccc1. The summed E-state index contributed by atoms with van der Waals surface area (Å²) in [6.45, 7) is 5.34. The first-order chi connectivity index (χ1) is 11.2. The van der Waals surface area contributed by atoms with Gasteiger partial charge >= 0.3 is 0 Å². The van der Waals surface area contributed by atoms with Crippen LogP contribution in [0, 0.1) is 5.92 Å². The Labute approximate surface area is 137 Å². The number of nitrogens with zero attached hydrogens (tertiary/aromatic N) is 3. The van der Waals surface area contributed by atoms with Crippen molar-refractivity contribution in [3.05, 3.63) is 78.4 Å². The Bertz CT molecular complexity index is 703. The van der Waals surface area contributed by atoms with Gasteiger partial charge in [-0.3, -0.25) is 0 Å². The minimum atomic E-state index is 0.353. The summed E-state index contributed by atoms with van der Waals surface area (Å²) in [7, 11) is 0. The Kier molecular flexibility index (Phi) is 4.83. The molecule has 0 saturated heterocycles. The monoisotopic (exact) mass is 306 g/mol. The standard InChI is InChI=1S/C19H22N4/c1-15(2)19(17-6-4-3-5-7-17)21-12-16-8-10-18(11-9-16)23-14-20-13-22-23/h3-11,13-15,19,21H,12H2,1-2H3. The Morgan fingerprint density at radius 2 is 1.74 bits per heavy atom. The molecule has 4 heteroatoms. The van der Waals surface area contributed by atoms with E-state index in [9.17, 15) is 0 Å². The van der Waals surface area contributed by atoms with Gasteiger partial charge in [-0.15, -0.1) is 0 Å². The fourth-order valence-corrected chi connectivity index (χ4v) is 2.73. The molecule has 0 fully saturated rings. The molecule has 23 heavy (non-hydrogen) atoms. The molecule has 4 nitrogen and oxygen atoms in total. The number of aromatic nitrogens is 3. The Morgan fingerprint density at radius 3 is 2.35 bits per heavy atom. The minimum Gasteiger partial charge on any atom is -0.306 e. The number of nitrogens with one attached hydrogen (secondary N) is 1. The van der Waals surface area contributed by atoms with Crippen molar-refractivity contribution in [2.75, 3.05) is 0 Å². The van der Waals surface area contributed by atoms with Crippen LogP contribution >= 0.6 is 0 Å². The van der Waals surface area contributed by atoms with Gasteiger partial charge in [0.15, 0.2) is 0 Å². The van der Waals surface area contributed by atoms with E-state index in [1.165, 1.54) is 11.1 Å². The van der Waals surface area contributed by atoms with Gasteiger partial charge in [-0.1, -0.05) is 56.3 Å². The molecule has 0 aliphatic rings. The summed E-state index contributed by atoms with van der Waals surface area (Å²) < 4.78 is 1.76. The molecule has 0 radical (unpaired) electrons. The quantitative estimate of drug-likeness (QED) is 0.754. The average Bonchev–Trinajstić information content (AvgIpc) is 3.11. The van der Waals surface area contributed by atoms with E-state index in [1.54, 1.807) is 17.3 Å². The third-order valence-electron chi connectivity index (χ3n) is 3.97. The zero-order valence-corrected chi connectivity index (χ0v) is 13.6. The summed E-state index contributed by atoms with van der Waals surface area (Å²) in [4.78, 5) is 3.97. The van der Waals surface area contributed by atoms with E-state index < -0.39 is 0 Å². The van der Waals surface area contributed by atoms with Crippen molar-refractivity contribution >= 4 is 0 Å². The summed E-state index contributed by atoms with van der Waals surface area (Å²) in [5.41, 5.74) is 3.62. The van der Waals surface area contributed by atoms with Crippen LogP contribution in [0.1, 0.15) is 31.0 Å². The van der Waals surface area contributed by atoms with Gasteiger partial charge in [0.25, 0.3) is 0 Å². The van der Waals surface area contributed by atoms with E-state index in [0.717, 1.165) is 12.2 Å². The van der Waals surface area contributed by atoms with E-state index in [2.05, 4.69) is 83.8 Å². The lowest BCUT2D eigenvalue weighted by Crippen LogP contribution is -2.25. The van der Waals surface area contributed by atoms with Gasteiger partial charge in [0, 0.05) is 12.6 Å². The molecule has 118 valence electrons. The van der Waals surface area contributed by atoms with Gasteiger partial charge in [0.1, 0.15) is 12.7 Å². The van der Waals surface area contributed by atoms with Crippen LogP contribution in [-0.2, 0) is 6.54 Å². The molecule has 0 spiro atoms. The lowest BCUT2D eigenvalue weighted by Gasteiger charge is -2.23. The first-order valence-electron chi connectivity index (χ1n) is 7.96. The lowest BCUT2D eigenvalue weighted by molar-refractivity contribution is 0.410. The largest absolute Gasteiger partial charge is 0.306 e. The zero-order valence-electron chi connectivity index (χ0n) is 13.6. The minimum absolute atomic E-state index is 0.353. The van der Waals surface area contributed by atoms with Crippen molar-refractivity contribution < 1.29 is 0 Å². The van der Waals surface area contributed by atoms with Crippen LogP contribution in [-0.4, -0.2) is 14.8 Å². The molecule has 1 unspecified atom stereocenters. The average molecular weight is 306 g/mol. The second-order valence-electron chi connectivity index (χ2n) is 6.02. The first-order valence-corrected chi connectivity index (χ1v) is 7.96. The van der Waals surface area contributed by atoms with Crippen molar-refractivity contribution in [2.45, 2.75) is 26.4 Å². The van der Waals surface area contributed by atoms with Crippen LogP contribution < -0.4 is 5.32 Å². The lowest BCUT2D eigenvalue weighted by atomic mass is 9.96. The predicted octanol–water partition coefficient (Wildman–Crippen LogP) is 3.75. The Morgan fingerprint density at radius 1 is 1.00 bits per heavy atom. The summed E-state index contributed by atoms with van der Waals surface area (Å²) in [5, 5.41) is 7.81. The maximum Gasteiger partial charge on any atom is 0.138 e. The molecular weight excluding hydrogens is 284 g/mol. The molecule has 3 rings (SSSR count). The van der Waals surface area contributed by atoms with Crippen LogP contribution in [0.25, 0.3) is 5.69 Å². The third-order valence-corrected chi connectivity index (χ3v) is 3.97. The highest BCUT2D eigenvalue weighted by Crippen LogP contribution is 2.22. The van der Waals surface area contributed by atoms with Gasteiger partial charge < -0.3 is 5.32 Å². The Balaban J connectivity index is 1.67. The summed E-state index contributed by atoms with van der Waals surface area (Å²) in [6.07, 6.45) is 3.25. The van der Waals surface area contributed by atoms with E-state index >= 15 is 0 Å². The molecule has 0 saturated carbocycles. The molecule has 1 heterocycles. The van der Waals surface area contributed by atoms with E-state index in [-0.39, 0.29) is 0 Å². The summed E-state index contributed by atoms with van der Waals surface area (Å²) in [6, 6.07) is 19.4. The van der Waals surface area contributed by atoms with Gasteiger partial charge in [0.05, 0.1) is 5.69 Å². The van der Waals surface area contributed by atoms with Gasteiger partial charge in [-0.25, -0.2) is 9.67 Å². The fraction of sp³-hybridized carbons (Fsp3) is 0.263. The highest BCUT2D eigenvalue weighted by molar-refractivity contribution is 5.33. The smallest absolute Gasteiger partial charge is 0.138 e. The Hall–Kier alpha value is -2.46. The number of hydrogen-bond acceptors (Lipinski definition) is 3. The highest BCUT2D eigenvalue weighted by atomic mass is 15.3. The second kappa shape index (κ2) is 7.20. The van der Waals surface area contributed by atoms with E-state index in [0.29, 0.717) is 12.0 Å². The van der Waals surface area contributed by atoms with Gasteiger partial charge in [-0.2, -0.15) is 5.10 Å². The van der Waals surface area contributed by atoms with Crippen molar-refractivity contribution in [1.82, 2.24) is 20.1 Å². The molecule has 3 aromatic rings. The first kappa shape index (κ1) is 15.4. The van der Waals surface area contributed by atoms with Crippen molar-refractivity contribution in [3.8, 4) is 5.69 Å². The topological polar surface area (TPSA) is 42.7 Å². The number of hydrogen-bond donors (Lipinski definition) is 1. The molecule has 0 aliphatic heterocycles. The fourth-order valence-electron chi connectivity index (χ4n) is 2.73. The maximum absolute atomic E-state index is 4.14. The van der Waals surface area contributed by atoms with E-state index in [4.69, 9.17) is 0 Å². The second-order valence-corrected chi connectivity index (χ2v) is 6.02. The molecular formula is C19H22N4. The van der Waals surface area contributed by atoms with Crippen LogP contribution in [0.15, 0.2) is 67.3 Å². The van der Waals surface area contributed by atoms with Crippen LogP contribution in [0.5, 0.6) is 0 Å². The predicted molar refractivity (Wildman–Crippen MR) is 92.2 cm³/mol. The number of benzene rings is 2. The molecule has 2 aromatic carbocycles. The summed E-state index contributed by atoms with van der Waals surface area (Å²) >= 11 is 0. The van der Waals surface area contributed by atoms with E-state index in [1.807, 2.05) is 0 Å². The van der Waals surface area contributed by atoms with Gasteiger partial charge in [-0.05, 0) is 29.2 Å². The molecule has 1 aromatic heterocycles. The third kappa shape index (κ3) is 3.85. The zero-order chi connectivity index (χ0) is 16.1. The van der Waals surface area contributed by atoms with Crippen LogP contribution in [0.4, 0.5) is 0 Å². The molecule has 1 N–H and O–H groups in total. The number of rotatable bonds is 6. The van der Waals surface area contributed by atoms with Crippen LogP contribution in [0.3, 0.4) is 0 Å². The van der Waals surface area contributed by atoms with Crippen LogP contribution in [0.2, 0.25) is 0 Å². The van der Waals surface area contributed by atoms with Crippen molar-refractivity contribution in [1.29, 1.82) is 0 Å². The van der Waals surface area contributed by atoms with Crippen molar-refractivity contribution in [3.63, 3.8) is 0 Å². The molecule has 0 aliphatic carbocycles. The normalized spacial score (nSPS) is 12.5. The molecule has 1 atom stereocenters. The summed E-state index contributed by atoms with van der Waals surface area (Å²) in [5.74, 6) is 0.534.